The maximum absolute atomic E-state index is 13.1. The van der Waals surface area contributed by atoms with Crippen LogP contribution in [-0.2, 0) is 17.8 Å². The number of carbonyl (C=O) groups excluding carboxylic acids is 1. The zero-order chi connectivity index (χ0) is 25.7. The molecule has 0 unspecified atom stereocenters. The molecule has 6 rings (SSSR count). The summed E-state index contributed by atoms with van der Waals surface area (Å²) >= 11 is 0. The normalized spacial score (nSPS) is 20.8. The molecule has 1 N–H and O–H groups in total. The molecule has 2 saturated heterocycles. The fraction of sp³-hybridized carbons (Fsp3) is 0.586. The molecule has 0 saturated carbocycles. The minimum absolute atomic E-state index is 0.0105. The van der Waals surface area contributed by atoms with Crippen LogP contribution in [0.5, 0.6) is 0 Å². The average molecular weight is 517 g/mol. The molecule has 1 amide bonds. The second-order valence-corrected chi connectivity index (χ2v) is 11.0. The van der Waals surface area contributed by atoms with E-state index in [2.05, 4.69) is 64.9 Å². The van der Waals surface area contributed by atoms with Crippen LogP contribution in [-0.4, -0.2) is 82.7 Å². The number of fused-ring (bicyclic) bond motifs is 3. The van der Waals surface area contributed by atoms with Crippen LogP contribution in [0.4, 0.5) is 11.5 Å². The Morgan fingerprint density at radius 3 is 2.66 bits per heavy atom. The van der Waals surface area contributed by atoms with Crippen LogP contribution in [0.15, 0.2) is 36.7 Å². The maximum Gasteiger partial charge on any atom is 0.224 e. The number of nitrogens with zero attached hydrogens (tertiary/aromatic N) is 7. The van der Waals surface area contributed by atoms with Crippen LogP contribution in [0, 0.1) is 5.92 Å². The van der Waals surface area contributed by atoms with Crippen LogP contribution < -0.4 is 15.1 Å². The van der Waals surface area contributed by atoms with Gasteiger partial charge < -0.3 is 19.7 Å². The number of aryl methyl sites for hydroxylation is 2. The highest BCUT2D eigenvalue weighted by molar-refractivity contribution is 5.85. The molecule has 1 atom stereocenters. The Morgan fingerprint density at radius 2 is 1.79 bits per heavy atom. The monoisotopic (exact) mass is 516 g/mol. The van der Waals surface area contributed by atoms with Gasteiger partial charge in [0.1, 0.15) is 12.2 Å². The average Bonchev–Trinajstić information content (AvgIpc) is 3.16. The molecule has 1 aromatic carbocycles. The lowest BCUT2D eigenvalue weighted by atomic mass is 9.97. The Hall–Kier alpha value is -3.20. The third kappa shape index (κ3) is 5.48. The van der Waals surface area contributed by atoms with Crippen molar-refractivity contribution in [3.8, 4) is 0 Å². The number of para-hydroxylation sites is 1. The Labute approximate surface area is 225 Å². The lowest BCUT2D eigenvalue weighted by molar-refractivity contribution is -0.125. The van der Waals surface area contributed by atoms with Gasteiger partial charge in [-0.15, -0.1) is 0 Å². The van der Waals surface area contributed by atoms with Gasteiger partial charge in [-0.2, -0.15) is 0 Å². The van der Waals surface area contributed by atoms with Crippen LogP contribution in [0.3, 0.4) is 0 Å². The lowest BCUT2D eigenvalue weighted by Gasteiger charge is -2.36. The Balaban J connectivity index is 0.984. The molecule has 202 valence electrons. The van der Waals surface area contributed by atoms with Crippen molar-refractivity contribution in [2.75, 3.05) is 62.2 Å². The highest BCUT2D eigenvalue weighted by Gasteiger charge is 2.29. The number of benzene rings is 1. The number of hydrogen-bond acceptors (Lipinski definition) is 7. The van der Waals surface area contributed by atoms with Gasteiger partial charge in [0.2, 0.25) is 5.91 Å². The van der Waals surface area contributed by atoms with Crippen LogP contribution in [0.2, 0.25) is 0 Å². The van der Waals surface area contributed by atoms with Crippen molar-refractivity contribution in [1.82, 2.24) is 29.7 Å². The summed E-state index contributed by atoms with van der Waals surface area (Å²) in [6.07, 6.45) is 9.18. The van der Waals surface area contributed by atoms with Crippen LogP contribution in [0.25, 0.3) is 11.2 Å². The van der Waals surface area contributed by atoms with Gasteiger partial charge in [0.15, 0.2) is 17.0 Å². The van der Waals surface area contributed by atoms with Crippen LogP contribution in [0.1, 0.15) is 44.3 Å². The topological polar surface area (TPSA) is 82.4 Å². The first-order valence-corrected chi connectivity index (χ1v) is 14.5. The van der Waals surface area contributed by atoms with E-state index in [0.29, 0.717) is 6.54 Å². The molecule has 2 fully saturated rings. The molecule has 5 heterocycles. The molecule has 2 aromatic heterocycles. The minimum atomic E-state index is -0.0105. The Morgan fingerprint density at radius 1 is 0.921 bits per heavy atom. The van der Waals surface area contributed by atoms with Crippen molar-refractivity contribution in [3.05, 3.63) is 42.5 Å². The number of aromatic nitrogens is 4. The van der Waals surface area contributed by atoms with Crippen LogP contribution >= 0.6 is 0 Å². The summed E-state index contributed by atoms with van der Waals surface area (Å²) in [5.41, 5.74) is 3.16. The van der Waals surface area contributed by atoms with Gasteiger partial charge >= 0.3 is 0 Å². The Kier molecular flexibility index (Phi) is 7.71. The van der Waals surface area contributed by atoms with Crippen molar-refractivity contribution in [3.63, 3.8) is 0 Å². The molecule has 3 aromatic rings. The van der Waals surface area contributed by atoms with Crippen molar-refractivity contribution in [1.29, 1.82) is 0 Å². The number of amides is 1. The van der Waals surface area contributed by atoms with Gasteiger partial charge in [0.25, 0.3) is 0 Å². The van der Waals surface area contributed by atoms with Crippen molar-refractivity contribution < 1.29 is 4.79 Å². The highest BCUT2D eigenvalue weighted by Crippen LogP contribution is 2.29. The predicted octanol–water partition coefficient (Wildman–Crippen LogP) is 3.10. The molecule has 38 heavy (non-hydrogen) atoms. The molecule has 3 aliphatic heterocycles. The van der Waals surface area contributed by atoms with Crippen molar-refractivity contribution >= 4 is 28.6 Å². The van der Waals surface area contributed by atoms with E-state index in [1.807, 2.05) is 0 Å². The number of anilines is 2. The zero-order valence-electron chi connectivity index (χ0n) is 22.4. The number of nitrogens with one attached hydrogen (secondary N) is 1. The fourth-order valence-corrected chi connectivity index (χ4v) is 6.27. The highest BCUT2D eigenvalue weighted by atomic mass is 16.1. The van der Waals surface area contributed by atoms with Gasteiger partial charge in [-0.3, -0.25) is 9.69 Å². The number of piperidine rings is 1. The van der Waals surface area contributed by atoms with Crippen molar-refractivity contribution in [2.45, 2.75) is 51.5 Å². The summed E-state index contributed by atoms with van der Waals surface area (Å²) in [6, 6.07) is 10.7. The quantitative estimate of drug-likeness (QED) is 0.483. The molecule has 9 heteroatoms. The molecule has 0 bridgehead atoms. The molecule has 3 aliphatic rings. The smallest absolute Gasteiger partial charge is 0.224 e. The van der Waals surface area contributed by atoms with E-state index in [0.717, 1.165) is 101 Å². The van der Waals surface area contributed by atoms with E-state index in [9.17, 15) is 4.79 Å². The molecule has 0 spiro atoms. The van der Waals surface area contributed by atoms with Crippen molar-refractivity contribution in [2.24, 2.45) is 5.92 Å². The minimum Gasteiger partial charge on any atom is -0.369 e. The van der Waals surface area contributed by atoms with E-state index in [1.54, 1.807) is 6.33 Å². The van der Waals surface area contributed by atoms with Gasteiger partial charge in [-0.05, 0) is 50.8 Å². The number of piperazine rings is 1. The first-order valence-electron chi connectivity index (χ1n) is 14.5. The summed E-state index contributed by atoms with van der Waals surface area (Å²) in [4.78, 5) is 34.5. The molecular formula is C29H40N8O. The van der Waals surface area contributed by atoms with Gasteiger partial charge in [-0.25, -0.2) is 15.0 Å². The van der Waals surface area contributed by atoms with E-state index in [4.69, 9.17) is 4.98 Å². The summed E-state index contributed by atoms with van der Waals surface area (Å²) in [5, 5.41) is 3.23. The predicted molar refractivity (Wildman–Crippen MR) is 151 cm³/mol. The van der Waals surface area contributed by atoms with Gasteiger partial charge in [0.05, 0.1) is 5.92 Å². The second kappa shape index (κ2) is 11.7. The van der Waals surface area contributed by atoms with E-state index < -0.39 is 0 Å². The number of carbonyl (C=O) groups is 1. The van der Waals surface area contributed by atoms with E-state index in [1.165, 1.54) is 24.9 Å². The summed E-state index contributed by atoms with van der Waals surface area (Å²) in [6.45, 7) is 8.62. The molecular weight excluding hydrogens is 476 g/mol. The standard InChI is InChI=1S/C29H40N8O/c38-29(30-13-8-14-34-17-19-35(20-18-34)24-10-3-1-4-11-24)23-9-7-15-36(21-23)27-26-28(32-22-31-27)37-16-6-2-5-12-25(37)33-26/h1,3-4,10-11,22-23H,2,5-9,12-21H2,(H,30,38)/t23-/m0/s1. The third-order valence-corrected chi connectivity index (χ3v) is 8.41. The summed E-state index contributed by atoms with van der Waals surface area (Å²) in [5.74, 6) is 2.19. The summed E-state index contributed by atoms with van der Waals surface area (Å²) in [7, 11) is 0. The summed E-state index contributed by atoms with van der Waals surface area (Å²) < 4.78 is 2.28. The largest absolute Gasteiger partial charge is 0.369 e. The molecule has 9 nitrogen and oxygen atoms in total. The fourth-order valence-electron chi connectivity index (χ4n) is 6.27. The Bertz CT molecular complexity index is 1220. The number of hydrogen-bond donors (Lipinski definition) is 1. The third-order valence-electron chi connectivity index (χ3n) is 8.41. The maximum atomic E-state index is 13.1. The van der Waals surface area contributed by atoms with Gasteiger partial charge in [0, 0.05) is 64.5 Å². The number of imidazole rings is 1. The first-order chi connectivity index (χ1) is 18.8. The first kappa shape index (κ1) is 25.1. The molecule has 0 aliphatic carbocycles. The SMILES string of the molecule is O=C(NCCCN1CCN(c2ccccc2)CC1)[C@H]1CCCN(c2ncnc3c2nc2n3CCCCC2)C1. The number of rotatable bonds is 7. The van der Waals surface area contributed by atoms with E-state index in [-0.39, 0.29) is 11.8 Å². The molecule has 0 radical (unpaired) electrons. The lowest BCUT2D eigenvalue weighted by Crippen LogP contribution is -2.47. The van der Waals surface area contributed by atoms with Gasteiger partial charge in [-0.1, -0.05) is 24.6 Å². The van der Waals surface area contributed by atoms with E-state index >= 15 is 0 Å². The second-order valence-electron chi connectivity index (χ2n) is 11.0. The zero-order valence-corrected chi connectivity index (χ0v) is 22.4.